The van der Waals surface area contributed by atoms with Gasteiger partial charge in [-0.2, -0.15) is 0 Å². The normalized spacial score (nSPS) is 11.3. The summed E-state index contributed by atoms with van der Waals surface area (Å²) in [6, 6.07) is 30.0. The van der Waals surface area contributed by atoms with Gasteiger partial charge in [0.1, 0.15) is 0 Å². The van der Waals surface area contributed by atoms with E-state index in [-0.39, 0.29) is 12.4 Å². The van der Waals surface area contributed by atoms with Gasteiger partial charge in [-0.25, -0.2) is 0 Å². The molecule has 2 nitrogen and oxygen atoms in total. The number of rotatable bonds is 21. The van der Waals surface area contributed by atoms with Crippen molar-refractivity contribution >= 4 is 24.3 Å². The van der Waals surface area contributed by atoms with Gasteiger partial charge in [0, 0.05) is 30.9 Å². The number of benzene rings is 3. The molecule has 0 heterocycles. The van der Waals surface area contributed by atoms with Gasteiger partial charge in [0.2, 0.25) is 0 Å². The third kappa shape index (κ3) is 12.5. The van der Waals surface area contributed by atoms with Gasteiger partial charge in [0.15, 0.2) is 0 Å². The molecule has 0 saturated carbocycles. The number of para-hydroxylation sites is 2. The summed E-state index contributed by atoms with van der Waals surface area (Å²) >= 11 is 0. The van der Waals surface area contributed by atoms with Crippen molar-refractivity contribution in [2.24, 2.45) is 0 Å². The van der Waals surface area contributed by atoms with Crippen LogP contribution in [0.3, 0.4) is 0 Å². The fourth-order valence-corrected chi connectivity index (χ4v) is 10.9. The van der Waals surface area contributed by atoms with Crippen LogP contribution < -0.4 is 17.3 Å². The van der Waals surface area contributed by atoms with Crippen molar-refractivity contribution < 1.29 is 17.1 Å². The first-order valence-corrected chi connectivity index (χ1v) is 18.7. The van der Waals surface area contributed by atoms with E-state index in [1.165, 1.54) is 69.8 Å². The first kappa shape index (κ1) is 35.3. The molecule has 0 amide bonds. The van der Waals surface area contributed by atoms with Gasteiger partial charge in [0.05, 0.1) is 31.3 Å². The van der Waals surface area contributed by atoms with E-state index in [4.69, 9.17) is 4.74 Å². The zero-order valence-electron chi connectivity index (χ0n) is 26.1. The molecule has 0 atom stereocenters. The van der Waals surface area contributed by atoms with Crippen LogP contribution in [0.15, 0.2) is 84.9 Å². The Labute approximate surface area is 259 Å². The van der Waals surface area contributed by atoms with Crippen LogP contribution >= 0.6 is 7.26 Å². The molecule has 0 radical (unpaired) electrons. The molecule has 3 aromatic carbocycles. The second-order valence-electron chi connectivity index (χ2n) is 11.4. The first-order valence-electron chi connectivity index (χ1n) is 16.1. The van der Waals surface area contributed by atoms with E-state index in [1.54, 1.807) is 24.6 Å². The maximum absolute atomic E-state index is 6.09. The monoisotopic (exact) mass is 595 g/mol. The van der Waals surface area contributed by atoms with Gasteiger partial charge in [-0.15, -0.1) is 0 Å². The fraction of sp³-hybridized carbons (Fsp3) is 0.514. The summed E-state index contributed by atoms with van der Waals surface area (Å²) in [7, 11) is -0.733. The van der Waals surface area contributed by atoms with Crippen LogP contribution in [0, 0.1) is 0 Å². The van der Waals surface area contributed by atoms with Crippen LogP contribution in [-0.2, 0) is 11.3 Å². The topological polar surface area (TPSA) is 12.5 Å². The van der Waals surface area contributed by atoms with E-state index in [0.29, 0.717) is 6.61 Å². The minimum Gasteiger partial charge on any atom is -1.00 e. The maximum Gasteiger partial charge on any atom is 0.0716 e. The van der Waals surface area contributed by atoms with Crippen LogP contribution in [0.1, 0.15) is 90.5 Å². The molecule has 0 saturated heterocycles. The van der Waals surface area contributed by atoms with Crippen molar-refractivity contribution in [2.45, 2.75) is 91.6 Å². The average molecular weight is 596 g/mol. The molecule has 0 aliphatic carbocycles. The molecule has 0 unspecified atom stereocenters. The highest BCUT2D eigenvalue weighted by Crippen LogP contribution is 2.61. The quantitative estimate of drug-likeness (QED) is 0.0902. The third-order valence-corrected chi connectivity index (χ3v) is 13.2. The molecule has 226 valence electrons. The molecule has 4 heteroatoms. The highest BCUT2D eigenvalue weighted by atomic mass is 35.5. The van der Waals surface area contributed by atoms with Crippen molar-refractivity contribution in [1.82, 2.24) is 0 Å². The van der Waals surface area contributed by atoms with E-state index < -0.39 is 7.26 Å². The Morgan fingerprint density at radius 2 is 0.951 bits per heavy atom. The lowest BCUT2D eigenvalue weighted by atomic mass is 10.1. The molecular formula is C37H55ClNOP. The van der Waals surface area contributed by atoms with Crippen molar-refractivity contribution in [3.8, 4) is 0 Å². The molecule has 41 heavy (non-hydrogen) atoms. The Hall–Kier alpha value is -1.86. The maximum atomic E-state index is 6.09. The summed E-state index contributed by atoms with van der Waals surface area (Å²) in [5.41, 5.74) is 4.73. The summed E-state index contributed by atoms with van der Waals surface area (Å²) in [4.78, 5) is 2.30. The smallest absolute Gasteiger partial charge is 0.0716 e. The molecule has 0 aliphatic heterocycles. The van der Waals surface area contributed by atoms with Crippen molar-refractivity contribution in [3.63, 3.8) is 0 Å². The molecule has 3 rings (SSSR count). The average Bonchev–Trinajstić information content (AvgIpc) is 3.01. The van der Waals surface area contributed by atoms with Gasteiger partial charge < -0.3 is 22.0 Å². The minimum absolute atomic E-state index is 0. The van der Waals surface area contributed by atoms with E-state index >= 15 is 0 Å². The third-order valence-electron chi connectivity index (χ3n) is 8.12. The van der Waals surface area contributed by atoms with Gasteiger partial charge >= 0.3 is 0 Å². The standard InChI is InChI=1S/C37H55NOP.ClH/c1-4-7-29-40(30-8-5-2,31-9-6-3)32-19-11-10-18-28-39-33-34-24-26-37(27-25-34)38(35-20-14-12-15-21-35)36-22-16-13-17-23-36;/h12-17,20-27H,4-11,18-19,28-33H2,1-3H3;1H/q+1;/p-1. The molecule has 0 fully saturated rings. The molecular weight excluding hydrogens is 541 g/mol. The largest absolute Gasteiger partial charge is 1.00 e. The Bertz CT molecular complexity index is 967. The molecule has 0 aliphatic rings. The van der Waals surface area contributed by atoms with E-state index in [1.807, 2.05) is 0 Å². The highest BCUT2D eigenvalue weighted by molar-refractivity contribution is 7.75. The Kier molecular flexibility index (Phi) is 18.0. The second kappa shape index (κ2) is 20.9. The van der Waals surface area contributed by atoms with Crippen LogP contribution in [0.25, 0.3) is 0 Å². The Morgan fingerprint density at radius 3 is 1.44 bits per heavy atom. The molecule has 0 N–H and O–H groups in total. The zero-order valence-corrected chi connectivity index (χ0v) is 27.7. The molecule has 3 aromatic rings. The number of hydrogen-bond donors (Lipinski definition) is 0. The van der Waals surface area contributed by atoms with Crippen molar-refractivity contribution in [1.29, 1.82) is 0 Å². The molecule has 0 bridgehead atoms. The lowest BCUT2D eigenvalue weighted by molar-refractivity contribution is -0.00000897. The SMILES string of the molecule is CCCC[P+](CCCC)(CCCC)CCCCCCOCc1ccc(N(c2ccccc2)c2ccccc2)cc1.[Cl-]. The lowest BCUT2D eigenvalue weighted by Crippen LogP contribution is -3.00. The fourth-order valence-electron chi connectivity index (χ4n) is 5.69. The number of unbranched alkanes of at least 4 members (excludes halogenated alkanes) is 6. The van der Waals surface area contributed by atoms with Crippen LogP contribution in [0.2, 0.25) is 0 Å². The Morgan fingerprint density at radius 1 is 0.512 bits per heavy atom. The Balaban J connectivity index is 0.00000588. The molecule has 0 aromatic heterocycles. The van der Waals surface area contributed by atoms with Gasteiger partial charge in [-0.3, -0.25) is 0 Å². The van der Waals surface area contributed by atoms with Gasteiger partial charge in [-0.1, -0.05) is 95.0 Å². The van der Waals surface area contributed by atoms with Crippen LogP contribution in [0.5, 0.6) is 0 Å². The van der Waals surface area contributed by atoms with Gasteiger partial charge in [-0.05, 0) is 80.5 Å². The van der Waals surface area contributed by atoms with Crippen molar-refractivity contribution in [3.05, 3.63) is 90.5 Å². The highest BCUT2D eigenvalue weighted by Gasteiger charge is 2.34. The summed E-state index contributed by atoms with van der Waals surface area (Å²) in [5.74, 6) is 0. The first-order chi connectivity index (χ1) is 19.7. The summed E-state index contributed by atoms with van der Waals surface area (Å²) in [5, 5.41) is 0. The lowest BCUT2D eigenvalue weighted by Gasteiger charge is -2.28. The van der Waals surface area contributed by atoms with E-state index in [9.17, 15) is 0 Å². The van der Waals surface area contributed by atoms with E-state index in [2.05, 4.69) is 111 Å². The second-order valence-corrected chi connectivity index (χ2v) is 15.9. The van der Waals surface area contributed by atoms with Crippen LogP contribution in [-0.4, -0.2) is 31.3 Å². The summed E-state index contributed by atoms with van der Waals surface area (Å²) < 4.78 is 6.09. The van der Waals surface area contributed by atoms with Crippen molar-refractivity contribution in [2.75, 3.05) is 36.2 Å². The summed E-state index contributed by atoms with van der Waals surface area (Å²) in [6.45, 7) is 8.66. The predicted molar refractivity (Wildman–Crippen MR) is 180 cm³/mol. The number of ether oxygens (including phenoxy) is 1. The zero-order chi connectivity index (χ0) is 28.3. The minimum atomic E-state index is -0.733. The predicted octanol–water partition coefficient (Wildman–Crippen LogP) is 8.66. The summed E-state index contributed by atoms with van der Waals surface area (Å²) in [6.07, 6.45) is 19.9. The van der Waals surface area contributed by atoms with Gasteiger partial charge in [0.25, 0.3) is 0 Å². The number of hydrogen-bond acceptors (Lipinski definition) is 2. The number of nitrogens with zero attached hydrogens (tertiary/aromatic N) is 1. The number of halogens is 1. The van der Waals surface area contributed by atoms with Crippen LogP contribution in [0.4, 0.5) is 17.1 Å². The number of anilines is 3. The molecule has 0 spiro atoms. The van der Waals surface area contributed by atoms with E-state index in [0.717, 1.165) is 23.7 Å².